The van der Waals surface area contributed by atoms with E-state index in [-0.39, 0.29) is 29.2 Å². The van der Waals surface area contributed by atoms with Crippen molar-refractivity contribution in [1.29, 1.82) is 0 Å². The highest BCUT2D eigenvalue weighted by molar-refractivity contribution is 6.36. The third-order valence-corrected chi connectivity index (χ3v) is 4.63. The number of benzene rings is 1. The molecule has 3 N–H and O–H groups in total. The summed E-state index contributed by atoms with van der Waals surface area (Å²) in [6.07, 6.45) is 0.945. The number of halogens is 2. The van der Waals surface area contributed by atoms with Crippen LogP contribution in [0.1, 0.15) is 23.2 Å². The number of amides is 2. The van der Waals surface area contributed by atoms with Crippen molar-refractivity contribution in [2.75, 3.05) is 27.9 Å². The minimum atomic E-state index is -1.25. The summed E-state index contributed by atoms with van der Waals surface area (Å²) in [7, 11) is 3.69. The Morgan fingerprint density at radius 1 is 1.14 bits per heavy atom. The van der Waals surface area contributed by atoms with E-state index in [0.29, 0.717) is 24.3 Å². The topological polar surface area (TPSA) is 178 Å². The molecule has 2 amide bonds. The number of carboxylic acid groups (broad SMARTS) is 2. The largest absolute Gasteiger partial charge is 0.505 e. The van der Waals surface area contributed by atoms with Gasteiger partial charge in [0.1, 0.15) is 12.8 Å². The van der Waals surface area contributed by atoms with Gasteiger partial charge in [-0.1, -0.05) is 23.2 Å². The molecule has 15 heteroatoms. The molecule has 200 valence electrons. The summed E-state index contributed by atoms with van der Waals surface area (Å²) in [5, 5.41) is 18.0. The molecule has 1 aromatic rings. The first-order valence-electron chi connectivity index (χ1n) is 9.93. The van der Waals surface area contributed by atoms with E-state index >= 15 is 0 Å². The van der Waals surface area contributed by atoms with Crippen molar-refractivity contribution in [1.82, 2.24) is 10.2 Å². The molecule has 1 aliphatic rings. The van der Waals surface area contributed by atoms with Gasteiger partial charge in [-0.05, 0) is 31.0 Å². The lowest BCUT2D eigenvalue weighted by Gasteiger charge is -2.21. The highest BCUT2D eigenvalue weighted by atomic mass is 35.5. The van der Waals surface area contributed by atoms with Gasteiger partial charge in [0.15, 0.2) is 0 Å². The van der Waals surface area contributed by atoms with Crippen LogP contribution in [0.2, 0.25) is 10.0 Å². The molecule has 2 rings (SSSR count). The molecule has 0 spiro atoms. The molecule has 36 heavy (non-hydrogen) atoms. The highest BCUT2D eigenvalue weighted by Crippen LogP contribution is 2.24. The molecular formula is C21H26Cl2N2O11. The van der Waals surface area contributed by atoms with Crippen molar-refractivity contribution >= 4 is 53.8 Å². The summed E-state index contributed by atoms with van der Waals surface area (Å²) < 4.78 is 18.3. The van der Waals surface area contributed by atoms with E-state index in [0.717, 1.165) is 14.2 Å². The number of nitrogens with one attached hydrogen (secondary N) is 1. The van der Waals surface area contributed by atoms with Gasteiger partial charge in [0.25, 0.3) is 0 Å². The van der Waals surface area contributed by atoms with Gasteiger partial charge < -0.3 is 34.5 Å². The Kier molecular flexibility index (Phi) is 16.1. The first-order chi connectivity index (χ1) is 17.0. The Hall–Kier alpha value is -3.55. The maximum atomic E-state index is 12.1. The van der Waals surface area contributed by atoms with E-state index in [1.807, 2.05) is 0 Å². The number of hydrogen-bond donors (Lipinski definition) is 3. The third-order valence-electron chi connectivity index (χ3n) is 4.08. The fourth-order valence-corrected chi connectivity index (χ4v) is 2.85. The molecular weight excluding hydrogens is 527 g/mol. The van der Waals surface area contributed by atoms with Gasteiger partial charge in [-0.15, -0.1) is 0 Å². The predicted octanol–water partition coefficient (Wildman–Crippen LogP) is 3.00. The van der Waals surface area contributed by atoms with Gasteiger partial charge in [-0.2, -0.15) is 0 Å². The summed E-state index contributed by atoms with van der Waals surface area (Å²) in [6.45, 7) is 0.0279. The second-order valence-corrected chi connectivity index (χ2v) is 7.28. The number of rotatable bonds is 7. The van der Waals surface area contributed by atoms with Crippen LogP contribution in [-0.2, 0) is 28.5 Å². The summed E-state index contributed by atoms with van der Waals surface area (Å²) in [6, 6.07) is 4.50. The molecule has 0 bridgehead atoms. The molecule has 0 radical (unpaired) electrons. The van der Waals surface area contributed by atoms with Gasteiger partial charge in [0, 0.05) is 24.3 Å². The first kappa shape index (κ1) is 32.5. The number of likely N-dealkylation sites (N-methyl/N-ethyl adjacent to an activating group) is 1. The van der Waals surface area contributed by atoms with Crippen LogP contribution in [0.25, 0.3) is 0 Å². The van der Waals surface area contributed by atoms with E-state index in [1.54, 1.807) is 6.07 Å². The zero-order valence-corrected chi connectivity index (χ0v) is 21.0. The maximum absolute atomic E-state index is 12.1. The average Bonchev–Trinajstić information content (AvgIpc) is 3.32. The van der Waals surface area contributed by atoms with Crippen molar-refractivity contribution in [3.8, 4) is 0 Å². The normalized spacial score (nSPS) is 15.8. The summed E-state index contributed by atoms with van der Waals surface area (Å²) in [4.78, 5) is 54.0. The lowest BCUT2D eigenvalue weighted by Crippen LogP contribution is -2.31. The Balaban J connectivity index is 0.00000104. The minimum absolute atomic E-state index is 0.0279. The summed E-state index contributed by atoms with van der Waals surface area (Å²) in [5.74, 6) is -0.911. The zero-order valence-electron chi connectivity index (χ0n) is 19.5. The molecule has 2 atom stereocenters. The standard InChI is InChI=1S/C17H18Cl2N2O5.2C2H4O3/c1-20-15(23)6-7-21(10-22)16-5-3-12(26-16)9-25-17(24)13-4-2-11(18)8-14(13)19;2*1-5-2(3)4/h2,4,6-8,10,12,16H,3,5,9H2,1H3,(H,20,23);2*1H3,(H,3,4)/b7-6-;;. The fourth-order valence-electron chi connectivity index (χ4n) is 2.37. The van der Waals surface area contributed by atoms with Crippen LogP contribution >= 0.6 is 23.2 Å². The van der Waals surface area contributed by atoms with Crippen LogP contribution in [0.5, 0.6) is 0 Å². The first-order valence-corrected chi connectivity index (χ1v) is 10.7. The lowest BCUT2D eigenvalue weighted by atomic mass is 10.2. The zero-order chi connectivity index (χ0) is 27.7. The van der Waals surface area contributed by atoms with Crippen LogP contribution < -0.4 is 5.32 Å². The van der Waals surface area contributed by atoms with Crippen molar-refractivity contribution in [2.45, 2.75) is 25.2 Å². The van der Waals surface area contributed by atoms with Crippen molar-refractivity contribution in [3.05, 3.63) is 46.1 Å². The predicted molar refractivity (Wildman–Crippen MR) is 126 cm³/mol. The second-order valence-electron chi connectivity index (χ2n) is 6.44. The number of carbonyl (C=O) groups is 5. The third kappa shape index (κ3) is 13.4. The molecule has 1 fully saturated rings. The van der Waals surface area contributed by atoms with Crippen LogP contribution in [0, 0.1) is 0 Å². The Morgan fingerprint density at radius 3 is 2.19 bits per heavy atom. The quantitative estimate of drug-likeness (QED) is 0.196. The smallest absolute Gasteiger partial charge is 0.459 e. The van der Waals surface area contributed by atoms with E-state index in [9.17, 15) is 14.4 Å². The monoisotopic (exact) mass is 552 g/mol. The van der Waals surface area contributed by atoms with Gasteiger partial charge in [0.05, 0.1) is 30.9 Å². The van der Waals surface area contributed by atoms with Crippen LogP contribution in [0.15, 0.2) is 30.5 Å². The van der Waals surface area contributed by atoms with Crippen molar-refractivity contribution in [2.24, 2.45) is 0 Å². The highest BCUT2D eigenvalue weighted by Gasteiger charge is 2.30. The maximum Gasteiger partial charge on any atom is 0.505 e. The van der Waals surface area contributed by atoms with Crippen molar-refractivity contribution in [3.63, 3.8) is 0 Å². The van der Waals surface area contributed by atoms with E-state index in [4.69, 9.17) is 52.5 Å². The number of nitrogens with zero attached hydrogens (tertiary/aromatic N) is 1. The molecule has 0 saturated carbocycles. The molecule has 1 saturated heterocycles. The number of carbonyl (C=O) groups excluding carboxylic acids is 3. The van der Waals surface area contributed by atoms with Crippen molar-refractivity contribution < 1.29 is 53.1 Å². The van der Waals surface area contributed by atoms with Gasteiger partial charge in [-0.25, -0.2) is 14.4 Å². The second kappa shape index (κ2) is 17.8. The fraction of sp³-hybridized carbons (Fsp3) is 0.381. The molecule has 0 aromatic heterocycles. The van der Waals surface area contributed by atoms with Gasteiger partial charge >= 0.3 is 18.3 Å². The van der Waals surface area contributed by atoms with E-state index in [1.165, 1.54) is 36.4 Å². The molecule has 1 aromatic carbocycles. The summed E-state index contributed by atoms with van der Waals surface area (Å²) >= 11 is 11.8. The number of methoxy groups -OCH3 is 2. The summed E-state index contributed by atoms with van der Waals surface area (Å²) in [5.41, 5.74) is 0.216. The molecule has 13 nitrogen and oxygen atoms in total. The average molecular weight is 553 g/mol. The minimum Gasteiger partial charge on any atom is -0.459 e. The Bertz CT molecular complexity index is 913. The Labute approximate surface area is 216 Å². The van der Waals surface area contributed by atoms with E-state index in [2.05, 4.69) is 14.8 Å². The Morgan fingerprint density at radius 2 is 1.72 bits per heavy atom. The number of esters is 1. The lowest BCUT2D eigenvalue weighted by molar-refractivity contribution is -0.127. The number of hydrogen-bond acceptors (Lipinski definition) is 9. The SMILES string of the molecule is CNC(=O)/C=C\N(C=O)C1CCC(COC(=O)c2ccc(Cl)cc2Cl)O1.COC(=O)O.COC(=O)O. The molecule has 1 heterocycles. The van der Waals surface area contributed by atoms with Crippen LogP contribution in [-0.4, -0.2) is 85.9 Å². The van der Waals surface area contributed by atoms with Gasteiger partial charge in [0.2, 0.25) is 12.3 Å². The van der Waals surface area contributed by atoms with Crippen LogP contribution in [0.3, 0.4) is 0 Å². The van der Waals surface area contributed by atoms with Crippen LogP contribution in [0.4, 0.5) is 9.59 Å². The molecule has 2 unspecified atom stereocenters. The van der Waals surface area contributed by atoms with Gasteiger partial charge in [-0.3, -0.25) is 14.5 Å². The molecule has 1 aliphatic heterocycles. The number of ether oxygens (including phenoxy) is 4. The molecule has 0 aliphatic carbocycles. The van der Waals surface area contributed by atoms with E-state index < -0.39 is 24.5 Å².